The third-order valence-corrected chi connectivity index (χ3v) is 8.56. The van der Waals surface area contributed by atoms with Crippen molar-refractivity contribution in [3.8, 4) is 0 Å². The zero-order chi connectivity index (χ0) is 29.2. The quantitative estimate of drug-likeness (QED) is 0.201. The molecule has 0 spiro atoms. The summed E-state index contributed by atoms with van der Waals surface area (Å²) in [5, 5.41) is 3.06. The second-order valence-corrected chi connectivity index (χ2v) is 12.3. The summed E-state index contributed by atoms with van der Waals surface area (Å²) in [5.41, 5.74) is 4.35. The van der Waals surface area contributed by atoms with Gasteiger partial charge in [0.2, 0.25) is 11.8 Å². The SMILES string of the molecule is C=C/C=C(\C=C/CN1CC(C)(C(=O)NC(/C=C(/CCc2ccc(C)cc2)C2CC2)=NC)CC1=O)CN1CCCCC1. The Morgan fingerprint density at radius 3 is 2.56 bits per heavy atom. The van der Waals surface area contributed by atoms with Crippen molar-refractivity contribution < 1.29 is 9.59 Å². The highest BCUT2D eigenvalue weighted by Crippen LogP contribution is 2.38. The first-order chi connectivity index (χ1) is 19.8. The minimum absolute atomic E-state index is 0.0138. The average molecular weight is 557 g/mol. The van der Waals surface area contributed by atoms with Gasteiger partial charge in [0.15, 0.2) is 0 Å². The molecule has 1 N–H and O–H groups in total. The topological polar surface area (TPSA) is 65.0 Å². The lowest BCUT2D eigenvalue weighted by Gasteiger charge is -2.26. The smallest absolute Gasteiger partial charge is 0.233 e. The number of carbonyl (C=O) groups is 2. The minimum Gasteiger partial charge on any atom is -0.338 e. The van der Waals surface area contributed by atoms with E-state index in [9.17, 15) is 9.59 Å². The molecule has 2 aliphatic heterocycles. The molecule has 1 atom stereocenters. The number of piperidine rings is 1. The summed E-state index contributed by atoms with van der Waals surface area (Å²) in [6.45, 7) is 11.9. The Kier molecular flexibility index (Phi) is 10.9. The van der Waals surface area contributed by atoms with Crippen LogP contribution < -0.4 is 5.32 Å². The molecule has 1 aromatic rings. The molecule has 1 aliphatic carbocycles. The number of carbonyl (C=O) groups excluding carboxylic acids is 2. The van der Waals surface area contributed by atoms with Crippen LogP contribution >= 0.6 is 0 Å². The van der Waals surface area contributed by atoms with E-state index in [0.29, 0.717) is 24.8 Å². The van der Waals surface area contributed by atoms with E-state index < -0.39 is 5.41 Å². The van der Waals surface area contributed by atoms with Gasteiger partial charge in [0.1, 0.15) is 5.84 Å². The highest BCUT2D eigenvalue weighted by atomic mass is 16.2. The van der Waals surface area contributed by atoms with E-state index in [1.165, 1.54) is 54.4 Å². The van der Waals surface area contributed by atoms with Crippen molar-refractivity contribution in [1.29, 1.82) is 0 Å². The molecular weight excluding hydrogens is 508 g/mol. The van der Waals surface area contributed by atoms with Crippen molar-refractivity contribution in [2.45, 2.75) is 65.2 Å². The number of aryl methyl sites for hydroxylation is 2. The number of rotatable bonds is 12. The second-order valence-electron chi connectivity index (χ2n) is 12.3. The molecule has 0 aromatic heterocycles. The Morgan fingerprint density at radius 2 is 1.90 bits per heavy atom. The maximum Gasteiger partial charge on any atom is 0.233 e. The van der Waals surface area contributed by atoms with Gasteiger partial charge in [-0.1, -0.05) is 72.7 Å². The molecule has 6 heteroatoms. The molecule has 1 saturated carbocycles. The van der Waals surface area contributed by atoms with Crippen LogP contribution in [0.25, 0.3) is 0 Å². The Hall–Kier alpha value is -3.25. The van der Waals surface area contributed by atoms with Gasteiger partial charge < -0.3 is 10.2 Å². The van der Waals surface area contributed by atoms with Crippen LogP contribution in [-0.4, -0.2) is 67.2 Å². The molecule has 2 amide bonds. The van der Waals surface area contributed by atoms with E-state index in [1.54, 1.807) is 11.9 Å². The van der Waals surface area contributed by atoms with Crippen molar-refractivity contribution >= 4 is 17.6 Å². The number of aliphatic imine (C=N–C) groups is 1. The van der Waals surface area contributed by atoms with Gasteiger partial charge in [0, 0.05) is 33.1 Å². The number of likely N-dealkylation sites (tertiary alicyclic amines) is 2. The van der Waals surface area contributed by atoms with Crippen LogP contribution in [0.3, 0.4) is 0 Å². The summed E-state index contributed by atoms with van der Waals surface area (Å²) in [6, 6.07) is 8.70. The van der Waals surface area contributed by atoms with Crippen LogP contribution in [0, 0.1) is 18.3 Å². The molecule has 3 aliphatic rings. The number of amides is 2. The predicted octanol–water partition coefficient (Wildman–Crippen LogP) is 5.80. The van der Waals surface area contributed by atoms with Gasteiger partial charge in [-0.2, -0.15) is 0 Å². The van der Waals surface area contributed by atoms with Crippen LogP contribution in [-0.2, 0) is 16.0 Å². The lowest BCUT2D eigenvalue weighted by molar-refractivity contribution is -0.130. The summed E-state index contributed by atoms with van der Waals surface area (Å²) in [4.78, 5) is 35.0. The molecule has 6 nitrogen and oxygen atoms in total. The summed E-state index contributed by atoms with van der Waals surface area (Å²) < 4.78 is 0. The van der Waals surface area contributed by atoms with Gasteiger partial charge >= 0.3 is 0 Å². The van der Waals surface area contributed by atoms with Gasteiger partial charge in [-0.25, -0.2) is 0 Å². The minimum atomic E-state index is -0.788. The summed E-state index contributed by atoms with van der Waals surface area (Å²) in [5.74, 6) is 1.04. The van der Waals surface area contributed by atoms with Crippen LogP contribution in [0.15, 0.2) is 77.4 Å². The molecule has 1 aromatic carbocycles. The fourth-order valence-corrected chi connectivity index (χ4v) is 5.84. The Labute approximate surface area is 247 Å². The number of amidine groups is 1. The molecule has 1 unspecified atom stereocenters. The maximum atomic E-state index is 13.5. The number of nitrogens with one attached hydrogen (secondary N) is 1. The van der Waals surface area contributed by atoms with E-state index in [0.717, 1.165) is 32.5 Å². The second kappa shape index (κ2) is 14.6. The lowest BCUT2D eigenvalue weighted by atomic mass is 9.88. The first kappa shape index (κ1) is 30.7. The number of hydrogen-bond acceptors (Lipinski definition) is 4. The van der Waals surface area contributed by atoms with Gasteiger partial charge in [-0.05, 0) is 88.6 Å². The summed E-state index contributed by atoms with van der Waals surface area (Å²) in [7, 11) is 1.72. The monoisotopic (exact) mass is 556 g/mol. The molecule has 3 fully saturated rings. The Balaban J connectivity index is 1.32. The number of benzene rings is 1. The van der Waals surface area contributed by atoms with E-state index in [1.807, 2.05) is 25.2 Å². The standard InChI is InChI=1S/C35H48N4O2/c1-5-10-29(25-38-20-7-6-8-21-38)11-9-22-39-26-35(3,24-33(39)40)34(41)37-32(36-4)23-31(30-18-19-30)17-16-28-14-12-27(2)13-15-28/h5,9-15,23,30H,1,6-8,16-22,24-26H2,2-4H3,(H,36,37,41)/b11-9-,29-10+,31-23-. The summed E-state index contributed by atoms with van der Waals surface area (Å²) >= 11 is 0. The fourth-order valence-electron chi connectivity index (χ4n) is 5.84. The van der Waals surface area contributed by atoms with Crippen molar-refractivity contribution in [2.24, 2.45) is 16.3 Å². The van der Waals surface area contributed by atoms with Gasteiger partial charge in [0.25, 0.3) is 0 Å². The fraction of sp³-hybridized carbons (Fsp3) is 0.514. The van der Waals surface area contributed by atoms with Crippen LogP contribution in [0.2, 0.25) is 0 Å². The molecule has 0 bridgehead atoms. The molecule has 220 valence electrons. The van der Waals surface area contributed by atoms with Crippen molar-refractivity contribution in [3.63, 3.8) is 0 Å². The highest BCUT2D eigenvalue weighted by molar-refractivity contribution is 6.07. The highest BCUT2D eigenvalue weighted by Gasteiger charge is 2.45. The van der Waals surface area contributed by atoms with Crippen LogP contribution in [0.1, 0.15) is 63.0 Å². The summed E-state index contributed by atoms with van der Waals surface area (Å²) in [6.07, 6.45) is 18.4. The van der Waals surface area contributed by atoms with E-state index in [-0.39, 0.29) is 18.2 Å². The number of allylic oxidation sites excluding steroid dienone is 3. The molecule has 2 saturated heterocycles. The zero-order valence-corrected chi connectivity index (χ0v) is 25.3. The number of hydrogen-bond donors (Lipinski definition) is 1. The molecule has 2 heterocycles. The third-order valence-electron chi connectivity index (χ3n) is 8.56. The van der Waals surface area contributed by atoms with Crippen LogP contribution in [0.4, 0.5) is 0 Å². The molecular formula is C35H48N4O2. The Morgan fingerprint density at radius 1 is 1.17 bits per heavy atom. The van der Waals surface area contributed by atoms with Crippen LogP contribution in [0.5, 0.6) is 0 Å². The van der Waals surface area contributed by atoms with E-state index in [2.05, 4.69) is 65.1 Å². The molecule has 0 radical (unpaired) electrons. The van der Waals surface area contributed by atoms with Gasteiger partial charge in [-0.15, -0.1) is 0 Å². The lowest BCUT2D eigenvalue weighted by Crippen LogP contribution is -2.43. The van der Waals surface area contributed by atoms with Crippen molar-refractivity contribution in [2.75, 3.05) is 39.8 Å². The Bertz CT molecular complexity index is 1200. The molecule has 41 heavy (non-hydrogen) atoms. The normalized spacial score (nSPS) is 23.0. The zero-order valence-electron chi connectivity index (χ0n) is 25.3. The molecule has 4 rings (SSSR count). The van der Waals surface area contributed by atoms with Crippen molar-refractivity contribution in [3.05, 3.63) is 83.5 Å². The van der Waals surface area contributed by atoms with Gasteiger partial charge in [-0.3, -0.25) is 19.5 Å². The predicted molar refractivity (Wildman–Crippen MR) is 169 cm³/mol. The first-order valence-electron chi connectivity index (χ1n) is 15.3. The maximum absolute atomic E-state index is 13.5. The van der Waals surface area contributed by atoms with E-state index >= 15 is 0 Å². The van der Waals surface area contributed by atoms with Crippen molar-refractivity contribution in [1.82, 2.24) is 15.1 Å². The first-order valence-corrected chi connectivity index (χ1v) is 15.3. The largest absolute Gasteiger partial charge is 0.338 e. The average Bonchev–Trinajstić information content (AvgIpc) is 3.76. The third kappa shape index (κ3) is 9.12. The van der Waals surface area contributed by atoms with Gasteiger partial charge in [0.05, 0.1) is 5.41 Å². The number of nitrogens with zero attached hydrogens (tertiary/aromatic N) is 3. The van der Waals surface area contributed by atoms with E-state index in [4.69, 9.17) is 0 Å².